The molecule has 0 aromatic rings. The van der Waals surface area contributed by atoms with Crippen LogP contribution in [0.15, 0.2) is 12.2 Å². The molecule has 0 heterocycles. The maximum atomic E-state index is 9.05. The topological polar surface area (TPSA) is 23.8 Å². The Balaban J connectivity index is 2.58. The summed E-state index contributed by atoms with van der Waals surface area (Å²) < 4.78 is 0. The van der Waals surface area contributed by atoms with Crippen LogP contribution in [0.5, 0.6) is 0 Å². The smallest absolute Gasteiger partial charge is 0.0658 e. The third-order valence-electron chi connectivity index (χ3n) is 3.06. The van der Waals surface area contributed by atoms with E-state index < -0.39 is 0 Å². The van der Waals surface area contributed by atoms with Gasteiger partial charge in [-0.15, -0.1) is 0 Å². The summed E-state index contributed by atoms with van der Waals surface area (Å²) in [6.45, 7) is 4.40. The Bertz CT molecular complexity index is 212. The molecule has 3 atom stereocenters. The van der Waals surface area contributed by atoms with Gasteiger partial charge in [-0.05, 0) is 31.1 Å². The Morgan fingerprint density at radius 3 is 2.92 bits per heavy atom. The molecule has 0 aliphatic heterocycles. The van der Waals surface area contributed by atoms with Crippen LogP contribution >= 0.6 is 0 Å². The molecule has 0 fully saturated rings. The number of nitrogens with zero attached hydrogens (tertiary/aromatic N) is 1. The van der Waals surface area contributed by atoms with Gasteiger partial charge in [0.1, 0.15) is 0 Å². The highest BCUT2D eigenvalue weighted by atomic mass is 14.3. The van der Waals surface area contributed by atoms with Crippen LogP contribution in [-0.4, -0.2) is 0 Å². The Kier molecular flexibility index (Phi) is 4.02. The average Bonchev–Trinajstić information content (AvgIpc) is 2.16. The summed E-state index contributed by atoms with van der Waals surface area (Å²) in [5.74, 6) is 1.49. The van der Waals surface area contributed by atoms with Crippen molar-refractivity contribution in [2.75, 3.05) is 0 Å². The minimum Gasteiger partial charge on any atom is -0.198 e. The first-order valence-corrected chi connectivity index (χ1v) is 5.35. The first kappa shape index (κ1) is 10.3. The van der Waals surface area contributed by atoms with Crippen LogP contribution in [0.2, 0.25) is 0 Å². The summed E-state index contributed by atoms with van der Waals surface area (Å²) in [6, 6.07) is 2.47. The summed E-state index contributed by atoms with van der Waals surface area (Å²) in [7, 11) is 0. The van der Waals surface area contributed by atoms with Gasteiger partial charge >= 0.3 is 0 Å². The number of hydrogen-bond acceptors (Lipinski definition) is 1. The Morgan fingerprint density at radius 2 is 2.38 bits per heavy atom. The lowest BCUT2D eigenvalue weighted by atomic mass is 9.75. The molecule has 1 nitrogen and oxygen atoms in total. The number of rotatable bonds is 3. The molecule has 0 N–H and O–H groups in total. The fourth-order valence-electron chi connectivity index (χ4n) is 2.26. The molecular formula is C12H19N. The van der Waals surface area contributed by atoms with E-state index in [1.54, 1.807) is 0 Å². The zero-order valence-corrected chi connectivity index (χ0v) is 8.66. The van der Waals surface area contributed by atoms with Gasteiger partial charge in [-0.3, -0.25) is 0 Å². The second kappa shape index (κ2) is 5.07. The van der Waals surface area contributed by atoms with E-state index in [1.807, 2.05) is 0 Å². The molecular weight excluding hydrogens is 158 g/mol. The van der Waals surface area contributed by atoms with E-state index in [2.05, 4.69) is 32.1 Å². The molecule has 13 heavy (non-hydrogen) atoms. The van der Waals surface area contributed by atoms with E-state index in [-0.39, 0.29) is 5.92 Å². The molecule has 72 valence electrons. The SMILES string of the molecule is CCCC(C#N)C1CCC=C[C@@H]1C. The van der Waals surface area contributed by atoms with Crippen LogP contribution in [0.25, 0.3) is 0 Å². The first-order chi connectivity index (χ1) is 6.29. The van der Waals surface area contributed by atoms with E-state index in [9.17, 15) is 0 Å². The predicted molar refractivity (Wildman–Crippen MR) is 55.0 cm³/mol. The molecule has 0 spiro atoms. The van der Waals surface area contributed by atoms with Crippen LogP contribution in [0.4, 0.5) is 0 Å². The van der Waals surface area contributed by atoms with Crippen molar-refractivity contribution in [1.82, 2.24) is 0 Å². The van der Waals surface area contributed by atoms with Gasteiger partial charge in [-0.25, -0.2) is 0 Å². The highest BCUT2D eigenvalue weighted by Crippen LogP contribution is 2.32. The van der Waals surface area contributed by atoms with E-state index >= 15 is 0 Å². The lowest BCUT2D eigenvalue weighted by molar-refractivity contribution is 0.283. The number of nitriles is 1. The molecule has 2 unspecified atom stereocenters. The maximum absolute atomic E-state index is 9.05. The van der Waals surface area contributed by atoms with Crippen LogP contribution in [-0.2, 0) is 0 Å². The number of allylic oxidation sites excluding steroid dienone is 2. The third kappa shape index (κ3) is 2.59. The van der Waals surface area contributed by atoms with Gasteiger partial charge in [0, 0.05) is 5.92 Å². The van der Waals surface area contributed by atoms with Crippen molar-refractivity contribution in [3.8, 4) is 6.07 Å². The molecule has 0 aromatic carbocycles. The predicted octanol–water partition coefficient (Wildman–Crippen LogP) is 3.53. The molecule has 0 radical (unpaired) electrons. The molecule has 0 saturated heterocycles. The third-order valence-corrected chi connectivity index (χ3v) is 3.06. The molecule has 1 rings (SSSR count). The quantitative estimate of drug-likeness (QED) is 0.605. The van der Waals surface area contributed by atoms with Gasteiger partial charge in [0.05, 0.1) is 6.07 Å². The Hall–Kier alpha value is -0.770. The van der Waals surface area contributed by atoms with Crippen molar-refractivity contribution in [3.05, 3.63) is 12.2 Å². The molecule has 0 amide bonds. The molecule has 0 saturated carbocycles. The van der Waals surface area contributed by atoms with Crippen LogP contribution < -0.4 is 0 Å². The van der Waals surface area contributed by atoms with Crippen molar-refractivity contribution >= 4 is 0 Å². The summed E-state index contributed by atoms with van der Waals surface area (Å²) in [5.41, 5.74) is 0. The summed E-state index contributed by atoms with van der Waals surface area (Å²) in [4.78, 5) is 0. The Labute approximate surface area is 81.5 Å². The van der Waals surface area contributed by atoms with Crippen molar-refractivity contribution < 1.29 is 0 Å². The van der Waals surface area contributed by atoms with E-state index in [4.69, 9.17) is 5.26 Å². The molecule has 1 aliphatic carbocycles. The zero-order valence-electron chi connectivity index (χ0n) is 8.66. The minimum atomic E-state index is 0.282. The standard InChI is InChI=1S/C12H19N/c1-3-6-11(9-13)12-8-5-4-7-10(12)2/h4,7,10-12H,3,5-6,8H2,1-2H3/t10-,11?,12?/m0/s1. The van der Waals surface area contributed by atoms with E-state index in [1.165, 1.54) is 6.42 Å². The van der Waals surface area contributed by atoms with Gasteiger partial charge in [0.15, 0.2) is 0 Å². The maximum Gasteiger partial charge on any atom is 0.0658 e. The highest BCUT2D eigenvalue weighted by molar-refractivity contribution is 5.01. The van der Waals surface area contributed by atoms with Gasteiger partial charge in [-0.1, -0.05) is 32.4 Å². The minimum absolute atomic E-state index is 0.282. The van der Waals surface area contributed by atoms with E-state index in [0.29, 0.717) is 11.8 Å². The first-order valence-electron chi connectivity index (χ1n) is 5.35. The fraction of sp³-hybridized carbons (Fsp3) is 0.750. The summed E-state index contributed by atoms with van der Waals surface area (Å²) in [6.07, 6.45) is 9.09. The molecule has 0 aromatic heterocycles. The van der Waals surface area contributed by atoms with Crippen LogP contribution in [0, 0.1) is 29.1 Å². The lowest BCUT2D eigenvalue weighted by Gasteiger charge is -2.28. The summed E-state index contributed by atoms with van der Waals surface area (Å²) in [5, 5.41) is 9.05. The molecule has 1 heteroatoms. The van der Waals surface area contributed by atoms with Crippen molar-refractivity contribution in [3.63, 3.8) is 0 Å². The molecule has 1 aliphatic rings. The van der Waals surface area contributed by atoms with Gasteiger partial charge < -0.3 is 0 Å². The van der Waals surface area contributed by atoms with Crippen LogP contribution in [0.3, 0.4) is 0 Å². The average molecular weight is 177 g/mol. The van der Waals surface area contributed by atoms with Crippen molar-refractivity contribution in [1.29, 1.82) is 5.26 Å². The normalized spacial score (nSPS) is 29.6. The number of hydrogen-bond donors (Lipinski definition) is 0. The fourth-order valence-corrected chi connectivity index (χ4v) is 2.26. The van der Waals surface area contributed by atoms with E-state index in [0.717, 1.165) is 19.3 Å². The lowest BCUT2D eigenvalue weighted by Crippen LogP contribution is -2.21. The highest BCUT2D eigenvalue weighted by Gasteiger charge is 2.25. The Morgan fingerprint density at radius 1 is 1.62 bits per heavy atom. The van der Waals surface area contributed by atoms with Gasteiger partial charge in [0.2, 0.25) is 0 Å². The monoisotopic (exact) mass is 177 g/mol. The van der Waals surface area contributed by atoms with Crippen molar-refractivity contribution in [2.45, 2.75) is 39.5 Å². The second-order valence-electron chi connectivity index (χ2n) is 4.05. The molecule has 0 bridgehead atoms. The van der Waals surface area contributed by atoms with Gasteiger partial charge in [-0.2, -0.15) is 5.26 Å². The van der Waals surface area contributed by atoms with Crippen molar-refractivity contribution in [2.24, 2.45) is 17.8 Å². The van der Waals surface area contributed by atoms with Gasteiger partial charge in [0.25, 0.3) is 0 Å². The zero-order chi connectivity index (χ0) is 9.68. The summed E-state index contributed by atoms with van der Waals surface area (Å²) >= 11 is 0. The second-order valence-corrected chi connectivity index (χ2v) is 4.05. The van der Waals surface area contributed by atoms with Crippen LogP contribution in [0.1, 0.15) is 39.5 Å². The largest absolute Gasteiger partial charge is 0.198 e.